The molecule has 0 N–H and O–H groups in total. The number of carbonyl (C=O) groups excluding carboxylic acids is 1. The summed E-state index contributed by atoms with van der Waals surface area (Å²) in [5, 5.41) is 10.2. The average molecular weight is 475 g/mol. The van der Waals surface area contributed by atoms with Crippen molar-refractivity contribution in [1.82, 2.24) is 9.88 Å². The topological polar surface area (TPSA) is 73.4 Å². The Kier molecular flexibility index (Phi) is 6.76. The number of hydrogen-bond acceptors (Lipinski definition) is 5. The number of aromatic nitrogens is 1. The van der Waals surface area contributed by atoms with Gasteiger partial charge in [0.1, 0.15) is 6.07 Å². The number of nitriles is 1. The number of anilines is 1. The minimum atomic E-state index is 0.0153. The first-order valence-electron chi connectivity index (χ1n) is 11.2. The lowest BCUT2D eigenvalue weighted by Gasteiger charge is -2.34. The fourth-order valence-electron chi connectivity index (χ4n) is 3.87. The molecule has 4 rings (SSSR count). The minimum absolute atomic E-state index is 0.0153. The number of halogens is 1. The van der Waals surface area contributed by atoms with Gasteiger partial charge in [-0.05, 0) is 40.8 Å². The van der Waals surface area contributed by atoms with Gasteiger partial charge in [-0.1, -0.05) is 62.7 Å². The van der Waals surface area contributed by atoms with Gasteiger partial charge in [0.15, 0.2) is 0 Å². The highest BCUT2D eigenvalue weighted by atomic mass is 35.5. The fraction of sp³-hybridized carbons (Fsp3) is 0.296. The SMILES string of the molecule is CC(C)(C)c1ccc(C(=O)N2CCN(c3oc(C=Cc4ccccc4Cl)nc3C#N)CC2)cc1. The van der Waals surface area contributed by atoms with E-state index in [2.05, 4.69) is 31.8 Å². The van der Waals surface area contributed by atoms with Crippen molar-refractivity contribution in [3.05, 3.63) is 81.8 Å². The number of benzene rings is 2. The van der Waals surface area contributed by atoms with Gasteiger partial charge in [0.25, 0.3) is 5.91 Å². The molecule has 0 spiro atoms. The van der Waals surface area contributed by atoms with Crippen molar-refractivity contribution in [3.8, 4) is 6.07 Å². The van der Waals surface area contributed by atoms with Crippen LogP contribution >= 0.6 is 11.6 Å². The Labute approximate surface area is 205 Å². The molecular formula is C27H27ClN4O2. The molecule has 0 saturated carbocycles. The molecule has 3 aromatic rings. The second-order valence-corrected chi connectivity index (χ2v) is 9.69. The summed E-state index contributed by atoms with van der Waals surface area (Å²) in [5.74, 6) is 0.786. The second kappa shape index (κ2) is 9.74. The molecule has 34 heavy (non-hydrogen) atoms. The first-order chi connectivity index (χ1) is 16.3. The van der Waals surface area contributed by atoms with E-state index >= 15 is 0 Å². The number of piperazine rings is 1. The van der Waals surface area contributed by atoms with Crippen LogP contribution in [0.15, 0.2) is 52.9 Å². The first-order valence-corrected chi connectivity index (χ1v) is 11.6. The number of carbonyl (C=O) groups is 1. The molecule has 1 saturated heterocycles. The summed E-state index contributed by atoms with van der Waals surface area (Å²) in [6.07, 6.45) is 3.51. The molecule has 1 amide bonds. The van der Waals surface area contributed by atoms with Gasteiger partial charge < -0.3 is 14.2 Å². The van der Waals surface area contributed by atoms with Crippen LogP contribution in [0.5, 0.6) is 0 Å². The maximum Gasteiger partial charge on any atom is 0.253 e. The number of oxazole rings is 1. The molecule has 2 aromatic carbocycles. The average Bonchev–Trinajstić information content (AvgIpc) is 3.26. The third kappa shape index (κ3) is 5.16. The van der Waals surface area contributed by atoms with Crippen LogP contribution in [-0.4, -0.2) is 42.0 Å². The first kappa shape index (κ1) is 23.6. The molecule has 174 valence electrons. The zero-order valence-electron chi connectivity index (χ0n) is 19.6. The molecular weight excluding hydrogens is 448 g/mol. The Morgan fingerprint density at radius 2 is 1.74 bits per heavy atom. The summed E-state index contributed by atoms with van der Waals surface area (Å²) >= 11 is 6.19. The number of hydrogen-bond donors (Lipinski definition) is 0. The molecule has 0 bridgehead atoms. The predicted octanol–water partition coefficient (Wildman–Crippen LogP) is 5.63. The Hall–Kier alpha value is -3.56. The zero-order chi connectivity index (χ0) is 24.3. The fourth-order valence-corrected chi connectivity index (χ4v) is 4.06. The van der Waals surface area contributed by atoms with Crippen LogP contribution in [0.3, 0.4) is 0 Å². The van der Waals surface area contributed by atoms with Crippen LogP contribution in [0.2, 0.25) is 5.02 Å². The number of amides is 1. The normalized spacial score (nSPS) is 14.4. The smallest absolute Gasteiger partial charge is 0.253 e. The summed E-state index contributed by atoms with van der Waals surface area (Å²) in [6.45, 7) is 8.65. The molecule has 7 heteroatoms. The van der Waals surface area contributed by atoms with E-state index in [0.29, 0.717) is 48.5 Å². The quantitative estimate of drug-likeness (QED) is 0.490. The van der Waals surface area contributed by atoms with Crippen molar-refractivity contribution in [2.45, 2.75) is 26.2 Å². The highest BCUT2D eigenvalue weighted by Gasteiger charge is 2.27. The van der Waals surface area contributed by atoms with E-state index < -0.39 is 0 Å². The van der Waals surface area contributed by atoms with Crippen molar-refractivity contribution in [3.63, 3.8) is 0 Å². The van der Waals surface area contributed by atoms with Gasteiger partial charge in [0, 0.05) is 42.8 Å². The van der Waals surface area contributed by atoms with Gasteiger partial charge in [-0.25, -0.2) is 0 Å². The van der Waals surface area contributed by atoms with Gasteiger partial charge in [-0.2, -0.15) is 10.2 Å². The monoisotopic (exact) mass is 474 g/mol. The van der Waals surface area contributed by atoms with E-state index in [1.807, 2.05) is 58.3 Å². The van der Waals surface area contributed by atoms with E-state index in [1.165, 1.54) is 5.56 Å². The van der Waals surface area contributed by atoms with Crippen LogP contribution in [0, 0.1) is 11.3 Å². The highest BCUT2D eigenvalue weighted by Crippen LogP contribution is 2.26. The third-order valence-corrected chi connectivity index (χ3v) is 6.24. The second-order valence-electron chi connectivity index (χ2n) is 9.28. The van der Waals surface area contributed by atoms with Crippen LogP contribution in [-0.2, 0) is 5.41 Å². The maximum atomic E-state index is 13.0. The van der Waals surface area contributed by atoms with Crippen LogP contribution < -0.4 is 4.90 Å². The van der Waals surface area contributed by atoms with Crippen LogP contribution in [0.4, 0.5) is 5.88 Å². The predicted molar refractivity (Wildman–Crippen MR) is 135 cm³/mol. The zero-order valence-corrected chi connectivity index (χ0v) is 20.3. The Bertz CT molecular complexity index is 1240. The lowest BCUT2D eigenvalue weighted by atomic mass is 9.86. The molecule has 2 heterocycles. The maximum absolute atomic E-state index is 13.0. The van der Waals surface area contributed by atoms with Crippen molar-refractivity contribution >= 4 is 35.5 Å². The molecule has 6 nitrogen and oxygen atoms in total. The summed E-state index contributed by atoms with van der Waals surface area (Å²) < 4.78 is 5.89. The number of nitrogens with zero attached hydrogens (tertiary/aromatic N) is 4. The lowest BCUT2D eigenvalue weighted by molar-refractivity contribution is 0.0745. The third-order valence-electron chi connectivity index (χ3n) is 5.89. The van der Waals surface area contributed by atoms with Gasteiger partial charge in [-0.3, -0.25) is 4.79 Å². The molecule has 1 aliphatic heterocycles. The summed E-state index contributed by atoms with van der Waals surface area (Å²) in [6, 6.07) is 17.4. The molecule has 0 radical (unpaired) electrons. The van der Waals surface area contributed by atoms with Crippen molar-refractivity contribution in [2.24, 2.45) is 0 Å². The van der Waals surface area contributed by atoms with Crippen LogP contribution in [0.1, 0.15) is 53.8 Å². The van der Waals surface area contributed by atoms with E-state index in [0.717, 1.165) is 5.56 Å². The summed E-state index contributed by atoms with van der Waals surface area (Å²) in [5.41, 5.74) is 3.00. The molecule has 1 fully saturated rings. The molecule has 1 aromatic heterocycles. The van der Waals surface area contributed by atoms with Gasteiger partial charge >= 0.3 is 0 Å². The van der Waals surface area contributed by atoms with Crippen LogP contribution in [0.25, 0.3) is 12.2 Å². The molecule has 0 unspecified atom stereocenters. The standard InChI is InChI=1S/C27H27ClN4O2/c1-27(2,3)21-11-8-20(9-12-21)25(33)31-14-16-32(17-15-31)26-23(18-29)30-24(34-26)13-10-19-6-4-5-7-22(19)28/h4-13H,14-17H2,1-3H3. The van der Waals surface area contributed by atoms with E-state index in [1.54, 1.807) is 12.2 Å². The Morgan fingerprint density at radius 3 is 2.35 bits per heavy atom. The van der Waals surface area contributed by atoms with Gasteiger partial charge in [-0.15, -0.1) is 0 Å². The number of rotatable bonds is 4. The van der Waals surface area contributed by atoms with Crippen molar-refractivity contribution in [2.75, 3.05) is 31.1 Å². The summed E-state index contributed by atoms with van der Waals surface area (Å²) in [7, 11) is 0. The Morgan fingerprint density at radius 1 is 1.06 bits per heavy atom. The van der Waals surface area contributed by atoms with E-state index in [-0.39, 0.29) is 17.0 Å². The minimum Gasteiger partial charge on any atom is -0.420 e. The summed E-state index contributed by atoms with van der Waals surface area (Å²) in [4.78, 5) is 21.1. The van der Waals surface area contributed by atoms with Crippen molar-refractivity contribution < 1.29 is 9.21 Å². The molecule has 1 aliphatic rings. The molecule has 0 atom stereocenters. The molecule has 0 aliphatic carbocycles. The Balaban J connectivity index is 1.42. The van der Waals surface area contributed by atoms with E-state index in [9.17, 15) is 10.1 Å². The van der Waals surface area contributed by atoms with Gasteiger partial charge in [0.2, 0.25) is 17.5 Å². The van der Waals surface area contributed by atoms with Crippen molar-refractivity contribution in [1.29, 1.82) is 5.26 Å². The largest absolute Gasteiger partial charge is 0.420 e. The van der Waals surface area contributed by atoms with E-state index in [4.69, 9.17) is 16.0 Å². The van der Waals surface area contributed by atoms with Gasteiger partial charge in [0.05, 0.1) is 0 Å². The highest BCUT2D eigenvalue weighted by molar-refractivity contribution is 6.32. The lowest BCUT2D eigenvalue weighted by Crippen LogP contribution is -2.48.